The van der Waals surface area contributed by atoms with E-state index in [-0.39, 0.29) is 23.9 Å². The van der Waals surface area contributed by atoms with Gasteiger partial charge in [0.25, 0.3) is 0 Å². The Bertz CT molecular complexity index is 1060. The maximum absolute atomic E-state index is 13.1. The lowest BCUT2D eigenvalue weighted by Crippen LogP contribution is -2.48. The Morgan fingerprint density at radius 3 is 1.91 bits per heavy atom. The van der Waals surface area contributed by atoms with Gasteiger partial charge in [0.1, 0.15) is 5.92 Å². The van der Waals surface area contributed by atoms with Crippen LogP contribution >= 0.6 is 0 Å². The molecular weight excluding hydrogens is 404 g/mol. The van der Waals surface area contributed by atoms with Gasteiger partial charge in [0, 0.05) is 6.42 Å². The van der Waals surface area contributed by atoms with Gasteiger partial charge in [-0.1, -0.05) is 78.9 Å². The van der Waals surface area contributed by atoms with E-state index in [1.807, 2.05) is 60.7 Å². The molecule has 1 saturated heterocycles. The van der Waals surface area contributed by atoms with Crippen molar-refractivity contribution < 1.29 is 23.9 Å². The fourth-order valence-corrected chi connectivity index (χ4v) is 4.01. The smallest absolute Gasteiger partial charge is 0.345 e. The highest BCUT2D eigenvalue weighted by Crippen LogP contribution is 2.28. The average molecular weight is 428 g/mol. The van der Waals surface area contributed by atoms with Crippen LogP contribution in [0.3, 0.4) is 0 Å². The number of ketones is 1. The van der Waals surface area contributed by atoms with E-state index in [0.29, 0.717) is 12.8 Å². The largest absolute Gasteiger partial charge is 0.389 e. The first kappa shape index (κ1) is 21.7. The van der Waals surface area contributed by atoms with Crippen LogP contribution in [0.25, 0.3) is 0 Å². The van der Waals surface area contributed by atoms with Gasteiger partial charge in [-0.25, -0.2) is 4.79 Å². The molecule has 3 atom stereocenters. The summed E-state index contributed by atoms with van der Waals surface area (Å²) < 4.78 is 11.3. The minimum absolute atomic E-state index is 0.0967. The van der Waals surface area contributed by atoms with Crippen molar-refractivity contribution in [1.29, 1.82) is 0 Å². The molecule has 0 spiro atoms. The molecule has 4 rings (SSSR count). The van der Waals surface area contributed by atoms with Crippen molar-refractivity contribution in [3.8, 4) is 0 Å². The van der Waals surface area contributed by atoms with E-state index < -0.39 is 24.0 Å². The fraction of sp³-hybridized carbons (Fsp3) is 0.222. The number of ether oxygens (including phenoxy) is 2. The van der Waals surface area contributed by atoms with Gasteiger partial charge >= 0.3 is 11.9 Å². The number of hydrogen-bond acceptors (Lipinski definition) is 5. The average Bonchev–Trinajstić information content (AvgIpc) is 2.80. The molecule has 1 fully saturated rings. The third-order valence-electron chi connectivity index (χ3n) is 5.56. The second kappa shape index (κ2) is 10.2. The topological polar surface area (TPSA) is 69.7 Å². The van der Waals surface area contributed by atoms with Crippen LogP contribution in [0.15, 0.2) is 91.0 Å². The quantitative estimate of drug-likeness (QED) is 0.435. The molecule has 0 N–H and O–H groups in total. The molecule has 32 heavy (non-hydrogen) atoms. The van der Waals surface area contributed by atoms with Gasteiger partial charge in [-0.2, -0.15) is 0 Å². The Morgan fingerprint density at radius 1 is 0.781 bits per heavy atom. The highest BCUT2D eigenvalue weighted by Gasteiger charge is 2.43. The molecule has 0 aromatic heterocycles. The summed E-state index contributed by atoms with van der Waals surface area (Å²) in [6, 6.07) is 27.6. The first-order valence-electron chi connectivity index (χ1n) is 10.7. The zero-order chi connectivity index (χ0) is 22.3. The summed E-state index contributed by atoms with van der Waals surface area (Å²) in [6.45, 7) is 0. The molecule has 1 aliphatic rings. The first-order chi connectivity index (χ1) is 15.6. The normalized spacial score (nSPS) is 20.5. The van der Waals surface area contributed by atoms with E-state index in [1.165, 1.54) is 0 Å². The molecule has 0 saturated carbocycles. The number of Topliss-reactive ketones (excluding diaryl/α,β-unsaturated/α-hetero) is 1. The first-order valence-corrected chi connectivity index (χ1v) is 10.7. The van der Waals surface area contributed by atoms with E-state index in [2.05, 4.69) is 0 Å². The Morgan fingerprint density at radius 2 is 1.31 bits per heavy atom. The summed E-state index contributed by atoms with van der Waals surface area (Å²) in [5.41, 5.74) is 2.26. The van der Waals surface area contributed by atoms with Crippen molar-refractivity contribution in [2.24, 2.45) is 5.92 Å². The van der Waals surface area contributed by atoms with Crippen molar-refractivity contribution >= 4 is 17.7 Å². The fourth-order valence-electron chi connectivity index (χ4n) is 4.01. The Balaban J connectivity index is 1.52. The molecule has 3 aromatic carbocycles. The number of benzene rings is 3. The number of carbonyl (C=O) groups is 3. The van der Waals surface area contributed by atoms with Crippen LogP contribution < -0.4 is 0 Å². The van der Waals surface area contributed by atoms with Crippen molar-refractivity contribution in [2.75, 3.05) is 0 Å². The van der Waals surface area contributed by atoms with Gasteiger partial charge in [0.15, 0.2) is 5.78 Å². The highest BCUT2D eigenvalue weighted by molar-refractivity contribution is 6.06. The van der Waals surface area contributed by atoms with Crippen LogP contribution in [0.5, 0.6) is 0 Å². The summed E-state index contributed by atoms with van der Waals surface area (Å²) in [5.74, 6) is -3.03. The van der Waals surface area contributed by atoms with Gasteiger partial charge in [0.2, 0.25) is 0 Å². The second-order valence-electron chi connectivity index (χ2n) is 7.90. The Kier molecular flexibility index (Phi) is 6.87. The molecule has 162 valence electrons. The summed E-state index contributed by atoms with van der Waals surface area (Å²) in [7, 11) is 0. The molecule has 0 aliphatic carbocycles. The van der Waals surface area contributed by atoms with Gasteiger partial charge in [-0.15, -0.1) is 0 Å². The zero-order valence-corrected chi connectivity index (χ0v) is 17.6. The summed E-state index contributed by atoms with van der Waals surface area (Å²) >= 11 is 0. The summed E-state index contributed by atoms with van der Waals surface area (Å²) in [5, 5.41) is 0. The molecule has 0 bridgehead atoms. The molecular formula is C27H24O5. The Hall–Kier alpha value is -3.57. The minimum atomic E-state index is -1.14. The monoisotopic (exact) mass is 428 g/mol. The number of carbonyl (C=O) groups excluding carboxylic acids is 3. The lowest BCUT2D eigenvalue weighted by Gasteiger charge is -2.34. The van der Waals surface area contributed by atoms with E-state index in [4.69, 9.17) is 9.47 Å². The molecule has 0 radical (unpaired) electrons. The van der Waals surface area contributed by atoms with Crippen LogP contribution in [-0.4, -0.2) is 29.9 Å². The van der Waals surface area contributed by atoms with Crippen molar-refractivity contribution in [3.63, 3.8) is 0 Å². The highest BCUT2D eigenvalue weighted by atomic mass is 16.6. The predicted molar refractivity (Wildman–Crippen MR) is 119 cm³/mol. The molecule has 1 heterocycles. The van der Waals surface area contributed by atoms with Gasteiger partial charge < -0.3 is 9.47 Å². The summed E-state index contributed by atoms with van der Waals surface area (Å²) in [4.78, 5) is 38.4. The molecule has 0 unspecified atom stereocenters. The zero-order valence-electron chi connectivity index (χ0n) is 17.6. The lowest BCUT2D eigenvalue weighted by molar-refractivity contribution is -0.164. The van der Waals surface area contributed by atoms with E-state index >= 15 is 0 Å². The summed E-state index contributed by atoms with van der Waals surface area (Å²) in [6.07, 6.45) is -0.00454. The van der Waals surface area contributed by atoms with Crippen LogP contribution in [0, 0.1) is 5.92 Å². The van der Waals surface area contributed by atoms with E-state index in [0.717, 1.165) is 11.1 Å². The van der Waals surface area contributed by atoms with Crippen LogP contribution in [0.2, 0.25) is 0 Å². The third-order valence-corrected chi connectivity index (χ3v) is 5.56. The number of rotatable bonds is 6. The molecule has 0 amide bonds. The van der Waals surface area contributed by atoms with E-state index in [9.17, 15) is 14.4 Å². The number of hydrogen-bond donors (Lipinski definition) is 0. The van der Waals surface area contributed by atoms with Crippen LogP contribution in [-0.2, 0) is 31.9 Å². The predicted octanol–water partition coefficient (Wildman–Crippen LogP) is 4.20. The lowest BCUT2D eigenvalue weighted by atomic mass is 9.85. The maximum Gasteiger partial charge on any atom is 0.345 e. The standard InChI is InChI=1S/C27H24O5/c28-23-18-22(16-19-10-4-1-5-11-19)31-24(17-20-12-6-2-7-13-20)25(23)27(30)32-26(29)21-14-8-3-9-15-21/h1-15,22,24-25H,16-18H2/t22-,24+,25-/m0/s1. The minimum Gasteiger partial charge on any atom is -0.389 e. The van der Waals surface area contributed by atoms with E-state index in [1.54, 1.807) is 30.3 Å². The van der Waals surface area contributed by atoms with Gasteiger partial charge in [-0.05, 0) is 36.1 Å². The molecule has 5 heteroatoms. The second-order valence-corrected chi connectivity index (χ2v) is 7.90. The van der Waals surface area contributed by atoms with Crippen molar-refractivity contribution in [2.45, 2.75) is 31.5 Å². The van der Waals surface area contributed by atoms with Gasteiger partial charge in [0.05, 0.1) is 17.8 Å². The van der Waals surface area contributed by atoms with Crippen LogP contribution in [0.1, 0.15) is 27.9 Å². The maximum atomic E-state index is 13.1. The third kappa shape index (κ3) is 5.37. The Labute approximate surface area is 187 Å². The van der Waals surface area contributed by atoms with Crippen molar-refractivity contribution in [3.05, 3.63) is 108 Å². The SMILES string of the molecule is O=C(OC(=O)[C@H]1C(=O)C[C@H](Cc2ccccc2)O[C@@H]1Cc1ccccc1)c1ccccc1. The molecule has 3 aromatic rings. The van der Waals surface area contributed by atoms with Crippen molar-refractivity contribution in [1.82, 2.24) is 0 Å². The number of esters is 2. The molecule has 5 nitrogen and oxygen atoms in total. The van der Waals surface area contributed by atoms with Crippen LogP contribution in [0.4, 0.5) is 0 Å². The molecule has 1 aliphatic heterocycles. The van der Waals surface area contributed by atoms with Gasteiger partial charge in [-0.3, -0.25) is 9.59 Å².